The summed E-state index contributed by atoms with van der Waals surface area (Å²) >= 11 is 9.55. The van der Waals surface area contributed by atoms with E-state index in [0.717, 1.165) is 17.1 Å². The molecule has 2 atom stereocenters. The van der Waals surface area contributed by atoms with E-state index >= 15 is 0 Å². The van der Waals surface area contributed by atoms with E-state index in [0.29, 0.717) is 10.3 Å². The first-order chi connectivity index (χ1) is 7.68. The zero-order valence-corrected chi connectivity index (χ0v) is 11.4. The number of rotatable bonds is 2. The number of hydrogen-bond acceptors (Lipinski definition) is 3. The van der Waals surface area contributed by atoms with Gasteiger partial charge in [-0.05, 0) is 12.1 Å². The van der Waals surface area contributed by atoms with Crippen molar-refractivity contribution < 1.29 is 4.79 Å². The van der Waals surface area contributed by atoms with Crippen molar-refractivity contribution in [2.24, 2.45) is 0 Å². The van der Waals surface area contributed by atoms with Crippen molar-refractivity contribution in [1.29, 1.82) is 0 Å². The van der Waals surface area contributed by atoms with Crippen LogP contribution >= 0.6 is 35.1 Å². The summed E-state index contributed by atoms with van der Waals surface area (Å²) < 4.78 is 0. The molecular formula is C12H13ClOS2. The van der Waals surface area contributed by atoms with E-state index in [1.165, 1.54) is 0 Å². The van der Waals surface area contributed by atoms with Gasteiger partial charge in [-0.2, -0.15) is 11.8 Å². The maximum atomic E-state index is 12.3. The minimum absolute atomic E-state index is 0.0808. The van der Waals surface area contributed by atoms with Gasteiger partial charge in [0.25, 0.3) is 0 Å². The molecule has 2 unspecified atom stereocenters. The molecule has 0 aromatic heterocycles. The van der Waals surface area contributed by atoms with Crippen LogP contribution in [0.25, 0.3) is 0 Å². The molecule has 0 N–H and O–H groups in total. The molecule has 1 aromatic carbocycles. The van der Waals surface area contributed by atoms with Gasteiger partial charge in [-0.1, -0.05) is 30.7 Å². The van der Waals surface area contributed by atoms with Gasteiger partial charge in [0.1, 0.15) is 0 Å². The normalized spacial score (nSPS) is 25.4. The van der Waals surface area contributed by atoms with Crippen molar-refractivity contribution in [2.45, 2.75) is 17.4 Å². The van der Waals surface area contributed by atoms with Crippen LogP contribution in [0.5, 0.6) is 0 Å². The molecule has 0 spiro atoms. The largest absolute Gasteiger partial charge is 0.293 e. The number of thioether (sulfide) groups is 2. The monoisotopic (exact) mass is 272 g/mol. The topological polar surface area (TPSA) is 17.1 Å². The second-order valence-electron chi connectivity index (χ2n) is 3.74. The van der Waals surface area contributed by atoms with Gasteiger partial charge in [0.15, 0.2) is 5.78 Å². The quantitative estimate of drug-likeness (QED) is 0.763. The lowest BCUT2D eigenvalue weighted by Gasteiger charge is -2.26. The Morgan fingerprint density at radius 3 is 2.81 bits per heavy atom. The summed E-state index contributed by atoms with van der Waals surface area (Å²) in [6, 6.07) is 7.24. The lowest BCUT2D eigenvalue weighted by Crippen LogP contribution is -2.31. The number of carbonyl (C=O) groups excluding carboxylic acids is 1. The lowest BCUT2D eigenvalue weighted by molar-refractivity contribution is 0.0989. The molecule has 0 bridgehead atoms. The van der Waals surface area contributed by atoms with E-state index in [-0.39, 0.29) is 11.0 Å². The molecular weight excluding hydrogens is 260 g/mol. The van der Waals surface area contributed by atoms with E-state index in [2.05, 4.69) is 6.92 Å². The van der Waals surface area contributed by atoms with Crippen LogP contribution in [0.1, 0.15) is 17.3 Å². The van der Waals surface area contributed by atoms with Crippen LogP contribution in [0.4, 0.5) is 0 Å². The fourth-order valence-corrected chi connectivity index (χ4v) is 4.64. The first kappa shape index (κ1) is 12.3. The highest BCUT2D eigenvalue weighted by Gasteiger charge is 2.29. The molecule has 1 aliphatic rings. The number of halogens is 1. The number of hydrogen-bond donors (Lipinski definition) is 0. The summed E-state index contributed by atoms with van der Waals surface area (Å²) in [5, 5.41) is 1.11. The van der Waals surface area contributed by atoms with Crippen molar-refractivity contribution in [3.05, 3.63) is 34.9 Å². The van der Waals surface area contributed by atoms with Gasteiger partial charge in [-0.15, -0.1) is 11.8 Å². The smallest absolute Gasteiger partial charge is 0.176 e. The van der Waals surface area contributed by atoms with Crippen LogP contribution < -0.4 is 0 Å². The minimum atomic E-state index is 0.0808. The molecule has 2 rings (SSSR count). The van der Waals surface area contributed by atoms with Crippen molar-refractivity contribution in [2.75, 3.05) is 11.5 Å². The third kappa shape index (κ3) is 2.76. The second-order valence-corrected chi connectivity index (χ2v) is 6.91. The van der Waals surface area contributed by atoms with Crippen LogP contribution in [0.3, 0.4) is 0 Å². The third-order valence-corrected chi connectivity index (χ3v) is 5.88. The molecule has 1 nitrogen and oxygen atoms in total. The fourth-order valence-electron chi connectivity index (χ4n) is 1.73. The molecule has 0 radical (unpaired) electrons. The highest BCUT2D eigenvalue weighted by atomic mass is 35.5. The maximum Gasteiger partial charge on any atom is 0.176 e. The Labute approximate surface area is 109 Å². The molecule has 1 aliphatic heterocycles. The first-order valence-corrected chi connectivity index (χ1v) is 7.69. The SMILES string of the molecule is CC1SCCSC1C(=O)c1cccc(Cl)c1. The maximum absolute atomic E-state index is 12.3. The molecule has 0 saturated carbocycles. The van der Waals surface area contributed by atoms with Crippen molar-refractivity contribution in [3.8, 4) is 0 Å². The van der Waals surface area contributed by atoms with Gasteiger partial charge in [-0.3, -0.25) is 4.79 Å². The Bertz CT molecular complexity index is 394. The zero-order chi connectivity index (χ0) is 11.5. The number of ketones is 1. The highest BCUT2D eigenvalue weighted by Crippen LogP contribution is 2.33. The Kier molecular flexibility index (Phi) is 4.22. The van der Waals surface area contributed by atoms with Crippen LogP contribution in [-0.2, 0) is 0 Å². The van der Waals surface area contributed by atoms with Gasteiger partial charge in [-0.25, -0.2) is 0 Å². The van der Waals surface area contributed by atoms with E-state index in [4.69, 9.17) is 11.6 Å². The number of carbonyl (C=O) groups is 1. The van der Waals surface area contributed by atoms with Crippen LogP contribution in [-0.4, -0.2) is 27.8 Å². The third-order valence-electron chi connectivity index (χ3n) is 2.56. The number of Topliss-reactive ketones (excluding diaryl/α,β-unsaturated/α-hetero) is 1. The van der Waals surface area contributed by atoms with Gasteiger partial charge < -0.3 is 0 Å². The minimum Gasteiger partial charge on any atom is -0.293 e. The van der Waals surface area contributed by atoms with Crippen LogP contribution in [0, 0.1) is 0 Å². The average molecular weight is 273 g/mol. The lowest BCUT2D eigenvalue weighted by atomic mass is 10.1. The molecule has 4 heteroatoms. The Hall–Kier alpha value is -0.120. The average Bonchev–Trinajstić information content (AvgIpc) is 2.29. The first-order valence-electron chi connectivity index (χ1n) is 5.21. The predicted molar refractivity (Wildman–Crippen MR) is 73.9 cm³/mol. The Morgan fingerprint density at radius 1 is 1.38 bits per heavy atom. The highest BCUT2D eigenvalue weighted by molar-refractivity contribution is 8.07. The molecule has 1 fully saturated rings. The van der Waals surface area contributed by atoms with Crippen molar-refractivity contribution in [1.82, 2.24) is 0 Å². The molecule has 1 aromatic rings. The summed E-state index contributed by atoms with van der Waals surface area (Å²) in [7, 11) is 0. The summed E-state index contributed by atoms with van der Waals surface area (Å²) in [5.41, 5.74) is 0.736. The molecule has 0 aliphatic carbocycles. The van der Waals surface area contributed by atoms with E-state index in [1.807, 2.05) is 23.9 Å². The predicted octanol–water partition coefficient (Wildman–Crippen LogP) is 3.76. The van der Waals surface area contributed by atoms with E-state index in [9.17, 15) is 4.79 Å². The van der Waals surface area contributed by atoms with Crippen LogP contribution in [0.15, 0.2) is 24.3 Å². The van der Waals surface area contributed by atoms with Crippen molar-refractivity contribution >= 4 is 40.9 Å². The molecule has 1 saturated heterocycles. The van der Waals surface area contributed by atoms with Gasteiger partial charge in [0.2, 0.25) is 0 Å². The molecule has 1 heterocycles. The summed E-state index contributed by atoms with van der Waals surface area (Å²) in [6.07, 6.45) is 0. The molecule has 0 amide bonds. The summed E-state index contributed by atoms with van der Waals surface area (Å²) in [5.74, 6) is 2.42. The van der Waals surface area contributed by atoms with E-state index < -0.39 is 0 Å². The molecule has 16 heavy (non-hydrogen) atoms. The molecule has 86 valence electrons. The summed E-state index contributed by atoms with van der Waals surface area (Å²) in [4.78, 5) is 12.3. The van der Waals surface area contributed by atoms with Gasteiger partial charge >= 0.3 is 0 Å². The zero-order valence-electron chi connectivity index (χ0n) is 8.98. The Morgan fingerprint density at radius 2 is 2.12 bits per heavy atom. The standard InChI is InChI=1S/C12H13ClOS2/c1-8-12(16-6-5-15-8)11(14)9-3-2-4-10(13)7-9/h2-4,7-8,12H,5-6H2,1H3. The summed E-state index contributed by atoms with van der Waals surface area (Å²) in [6.45, 7) is 2.13. The van der Waals surface area contributed by atoms with Gasteiger partial charge in [0.05, 0.1) is 5.25 Å². The number of benzene rings is 1. The Balaban J connectivity index is 2.17. The second kappa shape index (κ2) is 5.48. The van der Waals surface area contributed by atoms with Gasteiger partial charge in [0, 0.05) is 27.3 Å². The van der Waals surface area contributed by atoms with Crippen molar-refractivity contribution in [3.63, 3.8) is 0 Å². The van der Waals surface area contributed by atoms with Crippen LogP contribution in [0.2, 0.25) is 5.02 Å². The fraction of sp³-hybridized carbons (Fsp3) is 0.417. The van der Waals surface area contributed by atoms with E-state index in [1.54, 1.807) is 23.9 Å².